The topological polar surface area (TPSA) is 3.24 Å². The third-order valence-corrected chi connectivity index (χ3v) is 3.65. The Kier molecular flexibility index (Phi) is 1.71. The third kappa shape index (κ3) is 1.31. The maximum absolute atomic E-state index is 2.52. The molecule has 2 rings (SSSR count). The lowest BCUT2D eigenvalue weighted by Crippen LogP contribution is -2.25. The number of rotatable bonds is 0. The second-order valence-corrected chi connectivity index (χ2v) is 4.66. The Balaban J connectivity index is 2.00. The molecule has 0 aromatic carbocycles. The Labute approximate surface area is 69.8 Å². The van der Waals surface area contributed by atoms with Gasteiger partial charge in [0, 0.05) is 6.54 Å². The lowest BCUT2D eigenvalue weighted by Gasteiger charge is -2.19. The molecule has 1 saturated heterocycles. The van der Waals surface area contributed by atoms with Crippen LogP contribution in [0, 0.1) is 11.3 Å². The largest absolute Gasteiger partial charge is 0.306 e. The molecule has 1 heterocycles. The fourth-order valence-corrected chi connectivity index (χ4v) is 2.67. The summed E-state index contributed by atoms with van der Waals surface area (Å²) in [6.45, 7) is 5.11. The Morgan fingerprint density at radius 3 is 2.73 bits per heavy atom. The Bertz CT molecular complexity index is 155. The van der Waals surface area contributed by atoms with Crippen LogP contribution in [0.2, 0.25) is 0 Å². The minimum atomic E-state index is 0.769. The molecule has 11 heavy (non-hydrogen) atoms. The van der Waals surface area contributed by atoms with Gasteiger partial charge >= 0.3 is 0 Å². The average Bonchev–Trinajstić information content (AvgIpc) is 2.59. The summed E-state index contributed by atoms with van der Waals surface area (Å²) in [5.41, 5.74) is 0.769. The molecule has 64 valence electrons. The molecule has 0 aromatic rings. The molecular weight excluding hydrogens is 134 g/mol. The van der Waals surface area contributed by atoms with Crippen LogP contribution in [-0.4, -0.2) is 25.0 Å². The van der Waals surface area contributed by atoms with Crippen molar-refractivity contribution >= 4 is 0 Å². The maximum Gasteiger partial charge on any atom is 0.00376 e. The number of nitrogens with zero attached hydrogens (tertiary/aromatic N) is 1. The molecule has 0 bridgehead atoms. The molecule has 0 N–H and O–H groups in total. The molecule has 1 aliphatic heterocycles. The Morgan fingerprint density at radius 2 is 2.09 bits per heavy atom. The van der Waals surface area contributed by atoms with E-state index in [1.165, 1.54) is 38.8 Å². The zero-order valence-corrected chi connectivity index (χ0v) is 7.77. The van der Waals surface area contributed by atoms with Crippen LogP contribution in [-0.2, 0) is 0 Å². The summed E-state index contributed by atoms with van der Waals surface area (Å²) in [5.74, 6) is 1.02. The van der Waals surface area contributed by atoms with Crippen LogP contribution >= 0.6 is 0 Å². The van der Waals surface area contributed by atoms with Gasteiger partial charge in [0.2, 0.25) is 0 Å². The lowest BCUT2D eigenvalue weighted by molar-refractivity contribution is 0.274. The molecule has 2 aliphatic rings. The first-order chi connectivity index (χ1) is 5.23. The van der Waals surface area contributed by atoms with Gasteiger partial charge in [0.05, 0.1) is 0 Å². The molecule has 2 unspecified atom stereocenters. The van der Waals surface area contributed by atoms with Crippen molar-refractivity contribution < 1.29 is 0 Å². The maximum atomic E-state index is 2.52. The molecule has 1 aliphatic carbocycles. The number of hydrogen-bond donors (Lipinski definition) is 0. The minimum absolute atomic E-state index is 0.769. The fourth-order valence-electron chi connectivity index (χ4n) is 2.67. The van der Waals surface area contributed by atoms with E-state index in [2.05, 4.69) is 18.9 Å². The van der Waals surface area contributed by atoms with E-state index in [0.717, 1.165) is 11.3 Å². The summed E-state index contributed by atoms with van der Waals surface area (Å²) < 4.78 is 0. The number of hydrogen-bond acceptors (Lipinski definition) is 1. The third-order valence-electron chi connectivity index (χ3n) is 3.65. The fraction of sp³-hybridized carbons (Fsp3) is 1.00. The van der Waals surface area contributed by atoms with Crippen molar-refractivity contribution in [3.63, 3.8) is 0 Å². The second-order valence-electron chi connectivity index (χ2n) is 4.66. The normalized spacial score (nSPS) is 45.8. The molecule has 0 radical (unpaired) electrons. The van der Waals surface area contributed by atoms with E-state index in [1.807, 2.05) is 0 Å². The summed E-state index contributed by atoms with van der Waals surface area (Å²) in [6, 6.07) is 0. The second kappa shape index (κ2) is 2.48. The molecular formula is C10H19N. The van der Waals surface area contributed by atoms with Crippen molar-refractivity contribution in [1.29, 1.82) is 0 Å². The molecule has 2 fully saturated rings. The van der Waals surface area contributed by atoms with Gasteiger partial charge in [-0.25, -0.2) is 0 Å². The zero-order chi connectivity index (χ0) is 7.90. The van der Waals surface area contributed by atoms with Gasteiger partial charge in [0.25, 0.3) is 0 Å². The van der Waals surface area contributed by atoms with Crippen molar-refractivity contribution in [3.05, 3.63) is 0 Å². The first-order valence-corrected chi connectivity index (χ1v) is 4.91. The SMILES string of the molecule is CC1CC12CCCCN(C)C2. The van der Waals surface area contributed by atoms with E-state index in [0.29, 0.717) is 0 Å². The van der Waals surface area contributed by atoms with Crippen LogP contribution in [0.4, 0.5) is 0 Å². The lowest BCUT2D eigenvalue weighted by atomic mass is 9.98. The van der Waals surface area contributed by atoms with Crippen LogP contribution in [0.3, 0.4) is 0 Å². The highest BCUT2D eigenvalue weighted by Crippen LogP contribution is 2.56. The van der Waals surface area contributed by atoms with Crippen molar-refractivity contribution in [2.24, 2.45) is 11.3 Å². The summed E-state index contributed by atoms with van der Waals surface area (Å²) in [5, 5.41) is 0. The molecule has 0 amide bonds. The van der Waals surface area contributed by atoms with Gasteiger partial charge in [-0.3, -0.25) is 0 Å². The minimum Gasteiger partial charge on any atom is -0.306 e. The highest BCUT2D eigenvalue weighted by Gasteiger charge is 2.50. The zero-order valence-electron chi connectivity index (χ0n) is 7.77. The highest BCUT2D eigenvalue weighted by molar-refractivity contribution is 5.02. The van der Waals surface area contributed by atoms with E-state index in [9.17, 15) is 0 Å². The molecule has 1 spiro atoms. The molecule has 1 nitrogen and oxygen atoms in total. The average molecular weight is 153 g/mol. The molecule has 2 atom stereocenters. The summed E-state index contributed by atoms with van der Waals surface area (Å²) in [7, 11) is 2.28. The van der Waals surface area contributed by atoms with E-state index in [1.54, 1.807) is 0 Å². The Hall–Kier alpha value is -0.0400. The first-order valence-electron chi connectivity index (χ1n) is 4.91. The van der Waals surface area contributed by atoms with Crippen molar-refractivity contribution in [2.75, 3.05) is 20.1 Å². The van der Waals surface area contributed by atoms with Crippen LogP contribution < -0.4 is 0 Å². The van der Waals surface area contributed by atoms with Gasteiger partial charge in [-0.1, -0.05) is 13.3 Å². The first kappa shape index (κ1) is 7.60. The van der Waals surface area contributed by atoms with Crippen molar-refractivity contribution in [1.82, 2.24) is 4.90 Å². The van der Waals surface area contributed by atoms with Crippen LogP contribution in [0.5, 0.6) is 0 Å². The summed E-state index contributed by atoms with van der Waals surface area (Å²) in [4.78, 5) is 2.52. The standard InChI is InChI=1S/C10H19N/c1-9-7-10(9)5-3-4-6-11(2)8-10/h9H,3-8H2,1-2H3. The molecule has 0 aromatic heterocycles. The van der Waals surface area contributed by atoms with Gasteiger partial charge in [-0.05, 0) is 44.2 Å². The van der Waals surface area contributed by atoms with Gasteiger partial charge < -0.3 is 4.90 Å². The van der Waals surface area contributed by atoms with Gasteiger partial charge in [-0.2, -0.15) is 0 Å². The predicted molar refractivity (Wildman–Crippen MR) is 47.6 cm³/mol. The quantitative estimate of drug-likeness (QED) is 0.515. The van der Waals surface area contributed by atoms with Gasteiger partial charge in [-0.15, -0.1) is 0 Å². The predicted octanol–water partition coefficient (Wildman–Crippen LogP) is 2.13. The van der Waals surface area contributed by atoms with Gasteiger partial charge in [0.15, 0.2) is 0 Å². The monoisotopic (exact) mass is 153 g/mol. The highest BCUT2D eigenvalue weighted by atomic mass is 15.1. The van der Waals surface area contributed by atoms with E-state index in [4.69, 9.17) is 0 Å². The smallest absolute Gasteiger partial charge is 0.00376 e. The van der Waals surface area contributed by atoms with E-state index >= 15 is 0 Å². The van der Waals surface area contributed by atoms with E-state index in [-0.39, 0.29) is 0 Å². The van der Waals surface area contributed by atoms with Crippen LogP contribution in [0.1, 0.15) is 32.6 Å². The molecule has 1 saturated carbocycles. The van der Waals surface area contributed by atoms with Gasteiger partial charge in [0.1, 0.15) is 0 Å². The Morgan fingerprint density at radius 1 is 1.36 bits per heavy atom. The van der Waals surface area contributed by atoms with Crippen LogP contribution in [0.15, 0.2) is 0 Å². The van der Waals surface area contributed by atoms with Crippen molar-refractivity contribution in [2.45, 2.75) is 32.6 Å². The summed E-state index contributed by atoms with van der Waals surface area (Å²) in [6.07, 6.45) is 5.88. The van der Waals surface area contributed by atoms with Crippen molar-refractivity contribution in [3.8, 4) is 0 Å². The molecule has 1 heteroatoms. The van der Waals surface area contributed by atoms with E-state index < -0.39 is 0 Å². The number of likely N-dealkylation sites (tertiary alicyclic amines) is 1. The summed E-state index contributed by atoms with van der Waals surface area (Å²) >= 11 is 0. The van der Waals surface area contributed by atoms with Crippen LogP contribution in [0.25, 0.3) is 0 Å².